The average molecular weight is 701 g/mol. The maximum absolute atomic E-state index is 13.1. The first-order chi connectivity index (χ1) is 23.4. The normalized spacial score (nSPS) is 31.9. The van der Waals surface area contributed by atoms with Crippen LogP contribution in [-0.2, 0) is 47.4 Å². The number of amides is 2. The van der Waals surface area contributed by atoms with Gasteiger partial charge in [0.1, 0.15) is 37.6 Å². The van der Waals surface area contributed by atoms with Gasteiger partial charge in [-0.15, -0.1) is 0 Å². The molecular weight excluding hydrogens is 640 g/mol. The Morgan fingerprint density at radius 1 is 0.694 bits per heavy atom. The highest BCUT2D eigenvalue weighted by molar-refractivity contribution is 5.68. The zero-order valence-corrected chi connectivity index (χ0v) is 30.2. The molecule has 5 fully saturated rings. The van der Waals surface area contributed by atoms with Crippen molar-refractivity contribution in [2.45, 2.75) is 90.8 Å². The Morgan fingerprint density at radius 3 is 1.63 bits per heavy atom. The summed E-state index contributed by atoms with van der Waals surface area (Å²) in [5.74, 6) is 0. The fraction of sp³-hybridized carbons (Fsp3) is 0.943. The number of nitrogens with one attached hydrogen (secondary N) is 2. The molecule has 5 rings (SSSR count). The zero-order chi connectivity index (χ0) is 35.0. The highest BCUT2D eigenvalue weighted by atomic mass is 16.6. The average Bonchev–Trinajstić information content (AvgIpc) is 3.85. The van der Waals surface area contributed by atoms with Gasteiger partial charge in [0, 0.05) is 18.0 Å². The molecule has 282 valence electrons. The van der Waals surface area contributed by atoms with Gasteiger partial charge in [-0.25, -0.2) is 9.59 Å². The third kappa shape index (κ3) is 14.4. The van der Waals surface area contributed by atoms with Gasteiger partial charge in [0.25, 0.3) is 0 Å². The molecule has 6 unspecified atom stereocenters. The van der Waals surface area contributed by atoms with E-state index in [-0.39, 0.29) is 54.5 Å². The van der Waals surface area contributed by atoms with Gasteiger partial charge >= 0.3 is 12.2 Å². The van der Waals surface area contributed by atoms with Gasteiger partial charge in [0.15, 0.2) is 0 Å². The van der Waals surface area contributed by atoms with E-state index >= 15 is 0 Å². The molecule has 4 saturated heterocycles. The van der Waals surface area contributed by atoms with Crippen molar-refractivity contribution in [3.63, 3.8) is 0 Å². The maximum atomic E-state index is 13.1. The van der Waals surface area contributed by atoms with Crippen LogP contribution in [-0.4, -0.2) is 142 Å². The van der Waals surface area contributed by atoms with Crippen molar-refractivity contribution in [3.05, 3.63) is 0 Å². The number of ether oxygens (including phenoxy) is 10. The van der Waals surface area contributed by atoms with Gasteiger partial charge < -0.3 is 58.0 Å². The number of carbonyl (C=O) groups is 2. The standard InChI is InChI=1S/C35H60N2O12/c1-6-35(22-42-11-28-15-46-28,23-43-12-29-16-47-29)24-49-30(38)36-18-33(4)8-25(7-32(2,3)17-33)37-31(39)48-21-34(5,19-40-9-26-13-44-26)20-41-10-27-14-45-27/h25-29H,6-24H2,1-5H3,(H,36,38)(H,37,39). The predicted molar refractivity (Wildman–Crippen MR) is 176 cm³/mol. The Bertz CT molecular complexity index is 1030. The molecule has 49 heavy (non-hydrogen) atoms. The largest absolute Gasteiger partial charge is 0.449 e. The molecule has 2 amide bonds. The molecule has 4 aliphatic heterocycles. The van der Waals surface area contributed by atoms with E-state index in [1.165, 1.54) is 0 Å². The van der Waals surface area contributed by atoms with Crippen LogP contribution in [0, 0.1) is 21.7 Å². The van der Waals surface area contributed by atoms with Crippen molar-refractivity contribution in [2.75, 3.05) is 99.0 Å². The number of alkyl carbamates (subject to hydrolysis) is 2. The van der Waals surface area contributed by atoms with Crippen LogP contribution in [0.15, 0.2) is 0 Å². The van der Waals surface area contributed by atoms with Crippen LogP contribution < -0.4 is 10.6 Å². The minimum absolute atomic E-state index is 0.0644. The number of rotatable bonds is 24. The minimum Gasteiger partial charge on any atom is -0.449 e. The van der Waals surface area contributed by atoms with Crippen LogP contribution in [0.2, 0.25) is 0 Å². The number of epoxide rings is 4. The number of hydrogen-bond donors (Lipinski definition) is 2. The Balaban J connectivity index is 1.06. The van der Waals surface area contributed by atoms with E-state index in [0.717, 1.165) is 45.7 Å². The quantitative estimate of drug-likeness (QED) is 0.142. The second-order valence-corrected chi connectivity index (χ2v) is 16.5. The summed E-state index contributed by atoms with van der Waals surface area (Å²) in [5.41, 5.74) is -1.33. The molecule has 4 heterocycles. The van der Waals surface area contributed by atoms with Crippen molar-refractivity contribution in [1.29, 1.82) is 0 Å². The first-order valence-electron chi connectivity index (χ1n) is 18.0. The van der Waals surface area contributed by atoms with Crippen molar-refractivity contribution < 1.29 is 57.0 Å². The number of hydrogen-bond acceptors (Lipinski definition) is 12. The van der Waals surface area contributed by atoms with E-state index in [0.29, 0.717) is 65.8 Å². The summed E-state index contributed by atoms with van der Waals surface area (Å²) < 4.78 is 56.2. The van der Waals surface area contributed by atoms with Crippen molar-refractivity contribution >= 4 is 12.2 Å². The van der Waals surface area contributed by atoms with Crippen LogP contribution in [0.25, 0.3) is 0 Å². The fourth-order valence-corrected chi connectivity index (χ4v) is 6.77. The maximum Gasteiger partial charge on any atom is 0.407 e. The summed E-state index contributed by atoms with van der Waals surface area (Å²) in [6.45, 7) is 17.8. The Kier molecular flexibility index (Phi) is 13.5. The van der Waals surface area contributed by atoms with Crippen molar-refractivity contribution in [3.8, 4) is 0 Å². The molecule has 0 radical (unpaired) electrons. The predicted octanol–water partition coefficient (Wildman–Crippen LogP) is 3.09. The molecule has 5 aliphatic rings. The molecule has 0 aromatic rings. The molecule has 0 bridgehead atoms. The summed E-state index contributed by atoms with van der Waals surface area (Å²) >= 11 is 0. The fourth-order valence-electron chi connectivity index (χ4n) is 6.77. The van der Waals surface area contributed by atoms with Crippen molar-refractivity contribution in [1.82, 2.24) is 10.6 Å². The highest BCUT2D eigenvalue weighted by Crippen LogP contribution is 2.46. The summed E-state index contributed by atoms with van der Waals surface area (Å²) in [6.07, 6.45) is 2.74. The SMILES string of the molecule is CCC(COCC1CO1)(COCC1CO1)COC(=O)NCC1(C)CC(NC(=O)OCC(C)(COCC2CO2)COCC2CO2)CC(C)(C)C1. The van der Waals surface area contributed by atoms with E-state index in [1.807, 2.05) is 6.92 Å². The highest BCUT2D eigenvalue weighted by Gasteiger charge is 2.43. The monoisotopic (exact) mass is 700 g/mol. The lowest BCUT2D eigenvalue weighted by molar-refractivity contribution is -0.0603. The molecule has 0 aromatic heterocycles. The lowest BCUT2D eigenvalue weighted by Crippen LogP contribution is -2.51. The lowest BCUT2D eigenvalue weighted by atomic mass is 9.62. The van der Waals surface area contributed by atoms with Crippen LogP contribution in [0.5, 0.6) is 0 Å². The molecule has 14 nitrogen and oxygen atoms in total. The molecule has 1 aliphatic carbocycles. The molecule has 14 heteroatoms. The Labute approximate surface area is 291 Å². The van der Waals surface area contributed by atoms with E-state index < -0.39 is 23.0 Å². The van der Waals surface area contributed by atoms with Gasteiger partial charge in [-0.1, -0.05) is 34.6 Å². The van der Waals surface area contributed by atoms with E-state index in [2.05, 4.69) is 38.3 Å². The molecule has 0 aromatic carbocycles. The Morgan fingerprint density at radius 2 is 1.16 bits per heavy atom. The third-order valence-electron chi connectivity index (χ3n) is 9.78. The summed E-state index contributed by atoms with van der Waals surface area (Å²) in [7, 11) is 0. The molecule has 2 N–H and O–H groups in total. The molecule has 1 saturated carbocycles. The van der Waals surface area contributed by atoms with Gasteiger partial charge in [-0.05, 0) is 36.5 Å². The van der Waals surface area contributed by atoms with Gasteiger partial charge in [-0.3, -0.25) is 0 Å². The van der Waals surface area contributed by atoms with Gasteiger partial charge in [0.2, 0.25) is 0 Å². The van der Waals surface area contributed by atoms with Crippen LogP contribution >= 0.6 is 0 Å². The van der Waals surface area contributed by atoms with Crippen LogP contribution in [0.4, 0.5) is 9.59 Å². The molecular formula is C35H60N2O12. The van der Waals surface area contributed by atoms with Crippen LogP contribution in [0.3, 0.4) is 0 Å². The smallest absolute Gasteiger partial charge is 0.407 e. The molecule has 0 spiro atoms. The number of carbonyl (C=O) groups excluding carboxylic acids is 2. The van der Waals surface area contributed by atoms with E-state index in [1.54, 1.807) is 0 Å². The topological polar surface area (TPSA) is 164 Å². The minimum atomic E-state index is -0.517. The first kappa shape index (κ1) is 38.5. The first-order valence-corrected chi connectivity index (χ1v) is 18.0. The van der Waals surface area contributed by atoms with E-state index in [4.69, 9.17) is 47.4 Å². The summed E-state index contributed by atoms with van der Waals surface area (Å²) in [6, 6.07) is -0.121. The summed E-state index contributed by atoms with van der Waals surface area (Å²) in [5, 5.41) is 6.11. The summed E-state index contributed by atoms with van der Waals surface area (Å²) in [4.78, 5) is 26.1. The second kappa shape index (κ2) is 17.2. The third-order valence-corrected chi connectivity index (χ3v) is 9.78. The van der Waals surface area contributed by atoms with Gasteiger partial charge in [0.05, 0.1) is 84.7 Å². The Hall–Kier alpha value is -1.78. The lowest BCUT2D eigenvalue weighted by Gasteiger charge is -2.46. The van der Waals surface area contributed by atoms with Crippen molar-refractivity contribution in [2.24, 2.45) is 21.7 Å². The van der Waals surface area contributed by atoms with Crippen LogP contribution in [0.1, 0.15) is 60.3 Å². The second-order valence-electron chi connectivity index (χ2n) is 16.5. The van der Waals surface area contributed by atoms with E-state index in [9.17, 15) is 9.59 Å². The zero-order valence-electron chi connectivity index (χ0n) is 30.2. The molecule has 6 atom stereocenters. The van der Waals surface area contributed by atoms with Gasteiger partial charge in [-0.2, -0.15) is 0 Å².